The molecule has 1 saturated heterocycles. The number of hydrogen-bond acceptors (Lipinski definition) is 5. The first-order valence-electron chi connectivity index (χ1n) is 5.68. The van der Waals surface area contributed by atoms with Crippen molar-refractivity contribution in [3.63, 3.8) is 0 Å². The van der Waals surface area contributed by atoms with E-state index in [0.717, 1.165) is 0 Å². The molecule has 4 unspecified atom stereocenters. The number of hydrogen-bond donors (Lipinski definition) is 0. The van der Waals surface area contributed by atoms with Gasteiger partial charge in [-0.2, -0.15) is 0 Å². The highest BCUT2D eigenvalue weighted by molar-refractivity contribution is 5.66. The molecule has 17 heavy (non-hydrogen) atoms. The van der Waals surface area contributed by atoms with E-state index < -0.39 is 0 Å². The van der Waals surface area contributed by atoms with E-state index >= 15 is 0 Å². The Morgan fingerprint density at radius 3 is 1.76 bits per heavy atom. The smallest absolute Gasteiger partial charge is 0.302 e. The van der Waals surface area contributed by atoms with Crippen LogP contribution in [0.15, 0.2) is 12.2 Å². The molecule has 5 heteroatoms. The Bertz CT molecular complexity index is 317. The molecule has 0 aromatic carbocycles. The molecule has 0 radical (unpaired) electrons. The zero-order chi connectivity index (χ0) is 12.4. The van der Waals surface area contributed by atoms with Gasteiger partial charge in [0.05, 0.1) is 25.4 Å². The number of carbonyl (C=O) groups excluding carboxylic acids is 2. The Morgan fingerprint density at radius 1 is 1.00 bits per heavy atom. The van der Waals surface area contributed by atoms with E-state index in [-0.39, 0.29) is 36.0 Å². The minimum Gasteiger partial charge on any atom is -0.465 e. The molecular formula is C12H16O5. The van der Waals surface area contributed by atoms with Crippen molar-refractivity contribution in [3.05, 3.63) is 12.2 Å². The summed E-state index contributed by atoms with van der Waals surface area (Å²) in [7, 11) is 0. The quantitative estimate of drug-likeness (QED) is 0.534. The average molecular weight is 240 g/mol. The summed E-state index contributed by atoms with van der Waals surface area (Å²) in [6.07, 6.45) is 3.89. The second kappa shape index (κ2) is 4.87. The lowest BCUT2D eigenvalue weighted by Crippen LogP contribution is -2.32. The summed E-state index contributed by atoms with van der Waals surface area (Å²) in [5.74, 6) is -0.451. The SMILES string of the molecule is CC(=O)OCC1C2C=CC(O2)C1COC(C)=O. The molecule has 0 aliphatic carbocycles. The lowest BCUT2D eigenvalue weighted by atomic mass is 9.84. The second-order valence-electron chi connectivity index (χ2n) is 4.38. The summed E-state index contributed by atoms with van der Waals surface area (Å²) in [6, 6.07) is 0. The maximum Gasteiger partial charge on any atom is 0.302 e. The standard InChI is InChI=1S/C12H16O5/c1-7(13)15-5-9-10(6-16-8(2)14)12-4-3-11(9)17-12/h3-4,9-12H,5-6H2,1-2H3. The Morgan fingerprint density at radius 2 is 1.41 bits per heavy atom. The Balaban J connectivity index is 1.94. The van der Waals surface area contributed by atoms with Crippen LogP contribution in [0.2, 0.25) is 0 Å². The molecule has 0 N–H and O–H groups in total. The lowest BCUT2D eigenvalue weighted by molar-refractivity contribution is -0.146. The molecule has 2 heterocycles. The average Bonchev–Trinajstić information content (AvgIpc) is 2.83. The van der Waals surface area contributed by atoms with Gasteiger partial charge in [-0.1, -0.05) is 12.2 Å². The third-order valence-electron chi connectivity index (χ3n) is 3.16. The maximum atomic E-state index is 10.8. The number of fused-ring (bicyclic) bond motifs is 2. The highest BCUT2D eigenvalue weighted by atomic mass is 16.6. The maximum absolute atomic E-state index is 10.8. The highest BCUT2D eigenvalue weighted by Crippen LogP contribution is 2.39. The molecule has 1 fully saturated rings. The zero-order valence-corrected chi connectivity index (χ0v) is 9.92. The fourth-order valence-electron chi connectivity index (χ4n) is 2.33. The molecule has 5 nitrogen and oxygen atoms in total. The fraction of sp³-hybridized carbons (Fsp3) is 0.667. The van der Waals surface area contributed by atoms with E-state index in [9.17, 15) is 9.59 Å². The Labute approximate surface area is 99.7 Å². The summed E-state index contributed by atoms with van der Waals surface area (Å²) in [6.45, 7) is 3.38. The number of esters is 2. The molecule has 4 atom stereocenters. The molecule has 2 rings (SSSR count). The van der Waals surface area contributed by atoms with Crippen LogP contribution in [0.1, 0.15) is 13.8 Å². The lowest BCUT2D eigenvalue weighted by Gasteiger charge is -2.23. The topological polar surface area (TPSA) is 61.8 Å². The van der Waals surface area contributed by atoms with Crippen LogP contribution >= 0.6 is 0 Å². The van der Waals surface area contributed by atoms with E-state index in [1.54, 1.807) is 0 Å². The van der Waals surface area contributed by atoms with E-state index in [0.29, 0.717) is 13.2 Å². The van der Waals surface area contributed by atoms with Gasteiger partial charge < -0.3 is 14.2 Å². The van der Waals surface area contributed by atoms with Crippen LogP contribution < -0.4 is 0 Å². The van der Waals surface area contributed by atoms with Crippen molar-refractivity contribution in [1.82, 2.24) is 0 Å². The molecule has 94 valence electrons. The van der Waals surface area contributed by atoms with Crippen molar-refractivity contribution in [3.8, 4) is 0 Å². The minimum absolute atomic E-state index is 0.0279. The summed E-state index contributed by atoms with van der Waals surface area (Å²) in [5.41, 5.74) is 0. The second-order valence-corrected chi connectivity index (χ2v) is 4.38. The predicted molar refractivity (Wildman–Crippen MR) is 58.0 cm³/mol. The molecular weight excluding hydrogens is 224 g/mol. The zero-order valence-electron chi connectivity index (χ0n) is 9.92. The molecule has 0 aromatic heterocycles. The first kappa shape index (κ1) is 12.1. The van der Waals surface area contributed by atoms with Gasteiger partial charge in [-0.3, -0.25) is 9.59 Å². The van der Waals surface area contributed by atoms with Crippen LogP contribution in [-0.2, 0) is 23.8 Å². The highest BCUT2D eigenvalue weighted by Gasteiger charge is 2.46. The van der Waals surface area contributed by atoms with Crippen molar-refractivity contribution >= 4 is 11.9 Å². The van der Waals surface area contributed by atoms with E-state index in [1.165, 1.54) is 13.8 Å². The van der Waals surface area contributed by atoms with Crippen LogP contribution in [0.25, 0.3) is 0 Å². The fourth-order valence-corrected chi connectivity index (χ4v) is 2.33. The van der Waals surface area contributed by atoms with Crippen molar-refractivity contribution < 1.29 is 23.8 Å². The monoisotopic (exact) mass is 240 g/mol. The van der Waals surface area contributed by atoms with E-state index in [2.05, 4.69) is 0 Å². The van der Waals surface area contributed by atoms with E-state index in [1.807, 2.05) is 12.2 Å². The van der Waals surface area contributed by atoms with Gasteiger partial charge in [0.1, 0.15) is 0 Å². The summed E-state index contributed by atoms with van der Waals surface area (Å²) >= 11 is 0. The first-order valence-corrected chi connectivity index (χ1v) is 5.68. The summed E-state index contributed by atoms with van der Waals surface area (Å²) in [4.78, 5) is 21.6. The molecule has 0 saturated carbocycles. The van der Waals surface area contributed by atoms with Crippen molar-refractivity contribution in [2.75, 3.05) is 13.2 Å². The third kappa shape index (κ3) is 2.66. The van der Waals surface area contributed by atoms with Crippen LogP contribution in [0.3, 0.4) is 0 Å². The molecule has 0 spiro atoms. The Kier molecular flexibility index (Phi) is 3.47. The molecule has 2 aliphatic rings. The van der Waals surface area contributed by atoms with Gasteiger partial charge in [-0.05, 0) is 0 Å². The van der Waals surface area contributed by atoms with Crippen LogP contribution in [0.4, 0.5) is 0 Å². The normalized spacial score (nSPS) is 33.8. The van der Waals surface area contributed by atoms with Gasteiger partial charge in [0.15, 0.2) is 0 Å². The van der Waals surface area contributed by atoms with Crippen molar-refractivity contribution in [1.29, 1.82) is 0 Å². The van der Waals surface area contributed by atoms with Crippen LogP contribution in [0.5, 0.6) is 0 Å². The predicted octanol–water partition coefficient (Wildman–Crippen LogP) is 0.682. The first-order chi connectivity index (χ1) is 8.08. The van der Waals surface area contributed by atoms with Gasteiger partial charge in [0, 0.05) is 25.7 Å². The van der Waals surface area contributed by atoms with Gasteiger partial charge in [0.25, 0.3) is 0 Å². The summed E-state index contributed by atoms with van der Waals surface area (Å²) in [5, 5.41) is 0. The number of carbonyl (C=O) groups is 2. The van der Waals surface area contributed by atoms with Crippen LogP contribution in [-0.4, -0.2) is 37.4 Å². The van der Waals surface area contributed by atoms with Crippen molar-refractivity contribution in [2.45, 2.75) is 26.1 Å². The van der Waals surface area contributed by atoms with Gasteiger partial charge in [0.2, 0.25) is 0 Å². The minimum atomic E-state index is -0.303. The molecule has 0 aromatic rings. The molecule has 2 aliphatic heterocycles. The number of ether oxygens (including phenoxy) is 3. The Hall–Kier alpha value is -1.36. The number of rotatable bonds is 4. The third-order valence-corrected chi connectivity index (χ3v) is 3.16. The molecule has 0 amide bonds. The van der Waals surface area contributed by atoms with Gasteiger partial charge in [-0.15, -0.1) is 0 Å². The van der Waals surface area contributed by atoms with Gasteiger partial charge in [-0.25, -0.2) is 0 Å². The molecule has 2 bridgehead atoms. The van der Waals surface area contributed by atoms with Crippen LogP contribution in [0, 0.1) is 11.8 Å². The summed E-state index contributed by atoms with van der Waals surface area (Å²) < 4.78 is 15.7. The largest absolute Gasteiger partial charge is 0.465 e. The van der Waals surface area contributed by atoms with Crippen molar-refractivity contribution in [2.24, 2.45) is 11.8 Å². The van der Waals surface area contributed by atoms with E-state index in [4.69, 9.17) is 14.2 Å². The van der Waals surface area contributed by atoms with Gasteiger partial charge >= 0.3 is 11.9 Å².